The second-order valence-corrected chi connectivity index (χ2v) is 4.83. The number of nitrogen functional groups attached to an aromatic ring is 1. The zero-order valence-electron chi connectivity index (χ0n) is 10.6. The van der Waals surface area contributed by atoms with Crippen LogP contribution in [0.3, 0.4) is 0 Å². The maximum Gasteiger partial charge on any atom is 0.148 e. The molecule has 1 rings (SSSR count). The SMILES string of the molecule is Cc1c(NN)ncnc1NCC(C)(C)CCO. The van der Waals surface area contributed by atoms with Crippen LogP contribution in [0, 0.1) is 12.3 Å². The lowest BCUT2D eigenvalue weighted by molar-refractivity contribution is 0.220. The van der Waals surface area contributed by atoms with Crippen LogP contribution in [0.1, 0.15) is 25.8 Å². The number of aliphatic hydroxyl groups excluding tert-OH is 1. The first kappa shape index (κ1) is 13.7. The van der Waals surface area contributed by atoms with E-state index >= 15 is 0 Å². The topological polar surface area (TPSA) is 96.1 Å². The first-order valence-electron chi connectivity index (χ1n) is 5.63. The molecule has 0 radical (unpaired) electrons. The standard InChI is InChI=1S/C11H21N5O/c1-8-9(14-7-15-10(8)16-12)13-6-11(2,3)4-5-17/h7,17H,4-6,12H2,1-3H3,(H2,13,14,15,16). The van der Waals surface area contributed by atoms with Crippen LogP contribution in [0.15, 0.2) is 6.33 Å². The molecule has 0 amide bonds. The maximum absolute atomic E-state index is 8.96. The second-order valence-electron chi connectivity index (χ2n) is 4.83. The van der Waals surface area contributed by atoms with Crippen molar-refractivity contribution < 1.29 is 5.11 Å². The number of nitrogens with one attached hydrogen (secondary N) is 2. The molecule has 0 atom stereocenters. The number of hydrogen-bond donors (Lipinski definition) is 4. The Bertz CT molecular complexity index is 367. The van der Waals surface area contributed by atoms with Crippen molar-refractivity contribution in [1.29, 1.82) is 0 Å². The van der Waals surface area contributed by atoms with E-state index in [1.54, 1.807) is 0 Å². The van der Waals surface area contributed by atoms with Gasteiger partial charge in [0, 0.05) is 18.7 Å². The van der Waals surface area contributed by atoms with E-state index < -0.39 is 0 Å². The lowest BCUT2D eigenvalue weighted by Crippen LogP contribution is -2.25. The van der Waals surface area contributed by atoms with Gasteiger partial charge in [0.05, 0.1) is 0 Å². The van der Waals surface area contributed by atoms with Crippen LogP contribution in [-0.2, 0) is 0 Å². The Morgan fingerprint density at radius 3 is 2.59 bits per heavy atom. The summed E-state index contributed by atoms with van der Waals surface area (Å²) in [7, 11) is 0. The Hall–Kier alpha value is -1.40. The molecule has 0 saturated carbocycles. The minimum absolute atomic E-state index is 0.0163. The highest BCUT2D eigenvalue weighted by Crippen LogP contribution is 2.22. The molecular formula is C11H21N5O. The van der Waals surface area contributed by atoms with Gasteiger partial charge in [0.2, 0.25) is 0 Å². The van der Waals surface area contributed by atoms with Crippen molar-refractivity contribution in [3.8, 4) is 0 Å². The molecule has 1 aromatic rings. The quantitative estimate of drug-likeness (QED) is 0.435. The number of hydrogen-bond acceptors (Lipinski definition) is 6. The third-order valence-corrected chi connectivity index (χ3v) is 2.74. The lowest BCUT2D eigenvalue weighted by atomic mass is 9.90. The molecule has 0 unspecified atom stereocenters. The highest BCUT2D eigenvalue weighted by atomic mass is 16.3. The first-order chi connectivity index (χ1) is 8.00. The summed E-state index contributed by atoms with van der Waals surface area (Å²) in [5, 5.41) is 12.2. The maximum atomic E-state index is 8.96. The first-order valence-corrected chi connectivity index (χ1v) is 5.63. The summed E-state index contributed by atoms with van der Waals surface area (Å²) >= 11 is 0. The monoisotopic (exact) mass is 239 g/mol. The van der Waals surface area contributed by atoms with Crippen LogP contribution >= 0.6 is 0 Å². The lowest BCUT2D eigenvalue weighted by Gasteiger charge is -2.24. The fourth-order valence-electron chi connectivity index (χ4n) is 1.49. The third kappa shape index (κ3) is 3.83. The molecule has 6 heteroatoms. The summed E-state index contributed by atoms with van der Waals surface area (Å²) in [4.78, 5) is 8.18. The predicted molar refractivity (Wildman–Crippen MR) is 68.6 cm³/mol. The predicted octanol–water partition coefficient (Wildman–Crippen LogP) is 0.891. The normalized spacial score (nSPS) is 11.4. The van der Waals surface area contributed by atoms with Crippen molar-refractivity contribution in [3.63, 3.8) is 0 Å². The van der Waals surface area contributed by atoms with E-state index in [9.17, 15) is 0 Å². The molecule has 0 fully saturated rings. The average Bonchev–Trinajstić information content (AvgIpc) is 2.28. The number of aliphatic hydroxyl groups is 1. The summed E-state index contributed by atoms with van der Waals surface area (Å²) in [5.41, 5.74) is 3.43. The molecule has 0 spiro atoms. The van der Waals surface area contributed by atoms with Gasteiger partial charge < -0.3 is 15.8 Å². The Labute approximate surface area is 102 Å². The molecule has 0 bridgehead atoms. The minimum Gasteiger partial charge on any atom is -0.396 e. The molecule has 0 aliphatic heterocycles. The summed E-state index contributed by atoms with van der Waals surface area (Å²) < 4.78 is 0. The van der Waals surface area contributed by atoms with E-state index in [0.717, 1.165) is 24.3 Å². The highest BCUT2D eigenvalue weighted by Gasteiger charge is 2.17. The van der Waals surface area contributed by atoms with Crippen molar-refractivity contribution in [2.45, 2.75) is 27.2 Å². The van der Waals surface area contributed by atoms with Gasteiger partial charge in [0.25, 0.3) is 0 Å². The van der Waals surface area contributed by atoms with Crippen molar-refractivity contribution in [2.75, 3.05) is 23.9 Å². The van der Waals surface area contributed by atoms with Crippen molar-refractivity contribution in [3.05, 3.63) is 11.9 Å². The van der Waals surface area contributed by atoms with Gasteiger partial charge in [-0.2, -0.15) is 0 Å². The van der Waals surface area contributed by atoms with Gasteiger partial charge in [0.15, 0.2) is 0 Å². The number of hydrazine groups is 1. The van der Waals surface area contributed by atoms with Gasteiger partial charge >= 0.3 is 0 Å². The van der Waals surface area contributed by atoms with Gasteiger partial charge in [-0.3, -0.25) is 0 Å². The number of rotatable bonds is 6. The molecule has 96 valence electrons. The summed E-state index contributed by atoms with van der Waals surface area (Å²) in [6, 6.07) is 0. The van der Waals surface area contributed by atoms with E-state index in [1.807, 2.05) is 6.92 Å². The molecule has 6 nitrogen and oxygen atoms in total. The highest BCUT2D eigenvalue weighted by molar-refractivity contribution is 5.55. The fraction of sp³-hybridized carbons (Fsp3) is 0.636. The van der Waals surface area contributed by atoms with Crippen LogP contribution < -0.4 is 16.6 Å². The molecule has 0 aliphatic carbocycles. The van der Waals surface area contributed by atoms with Crippen LogP contribution in [0.4, 0.5) is 11.6 Å². The van der Waals surface area contributed by atoms with Crippen LogP contribution in [0.5, 0.6) is 0 Å². The summed E-state index contributed by atoms with van der Waals surface area (Å²) in [6.07, 6.45) is 2.20. The molecule has 1 aromatic heterocycles. The van der Waals surface area contributed by atoms with E-state index in [-0.39, 0.29) is 12.0 Å². The zero-order valence-corrected chi connectivity index (χ0v) is 10.6. The Morgan fingerprint density at radius 1 is 1.35 bits per heavy atom. The van der Waals surface area contributed by atoms with Crippen molar-refractivity contribution in [1.82, 2.24) is 9.97 Å². The molecule has 17 heavy (non-hydrogen) atoms. The van der Waals surface area contributed by atoms with Gasteiger partial charge in [-0.15, -0.1) is 0 Å². The third-order valence-electron chi connectivity index (χ3n) is 2.74. The minimum atomic E-state index is 0.0163. The number of nitrogens with two attached hydrogens (primary N) is 1. The van der Waals surface area contributed by atoms with E-state index in [1.165, 1.54) is 6.33 Å². The summed E-state index contributed by atoms with van der Waals surface area (Å²) in [6.45, 7) is 7.00. The van der Waals surface area contributed by atoms with E-state index in [0.29, 0.717) is 5.82 Å². The van der Waals surface area contributed by atoms with Gasteiger partial charge in [-0.05, 0) is 18.8 Å². The Morgan fingerprint density at radius 2 is 2.00 bits per heavy atom. The number of anilines is 2. The second kappa shape index (κ2) is 5.79. The Kier molecular flexibility index (Phi) is 4.65. The van der Waals surface area contributed by atoms with E-state index in [4.69, 9.17) is 10.9 Å². The van der Waals surface area contributed by atoms with Crippen molar-refractivity contribution in [2.24, 2.45) is 11.3 Å². The fourth-order valence-corrected chi connectivity index (χ4v) is 1.49. The zero-order chi connectivity index (χ0) is 12.9. The van der Waals surface area contributed by atoms with Crippen LogP contribution in [0.2, 0.25) is 0 Å². The largest absolute Gasteiger partial charge is 0.396 e. The van der Waals surface area contributed by atoms with Crippen LogP contribution in [-0.4, -0.2) is 28.2 Å². The molecule has 0 saturated heterocycles. The van der Waals surface area contributed by atoms with E-state index in [2.05, 4.69) is 34.6 Å². The summed E-state index contributed by atoms with van der Waals surface area (Å²) in [5.74, 6) is 6.72. The molecule has 5 N–H and O–H groups in total. The molecule has 0 aromatic carbocycles. The molecule has 1 heterocycles. The molecular weight excluding hydrogens is 218 g/mol. The van der Waals surface area contributed by atoms with Gasteiger partial charge in [-0.1, -0.05) is 13.8 Å². The smallest absolute Gasteiger partial charge is 0.148 e. The Balaban J connectivity index is 2.69. The van der Waals surface area contributed by atoms with Crippen molar-refractivity contribution >= 4 is 11.6 Å². The van der Waals surface area contributed by atoms with Gasteiger partial charge in [-0.25, -0.2) is 15.8 Å². The average molecular weight is 239 g/mol. The van der Waals surface area contributed by atoms with Crippen LogP contribution in [0.25, 0.3) is 0 Å². The molecule has 0 aliphatic rings. The van der Waals surface area contributed by atoms with Gasteiger partial charge in [0.1, 0.15) is 18.0 Å². The number of nitrogens with zero attached hydrogens (tertiary/aromatic N) is 2. The number of aromatic nitrogens is 2.